The summed E-state index contributed by atoms with van der Waals surface area (Å²) in [5, 5.41) is 9.72. The van der Waals surface area contributed by atoms with Gasteiger partial charge in [-0.25, -0.2) is 4.39 Å². The van der Waals surface area contributed by atoms with Crippen molar-refractivity contribution in [3.63, 3.8) is 0 Å². The number of ketones is 1. The van der Waals surface area contributed by atoms with Gasteiger partial charge in [0.05, 0.1) is 7.11 Å². The van der Waals surface area contributed by atoms with E-state index in [4.69, 9.17) is 4.74 Å². The number of benzene rings is 2. The normalized spacial score (nSPS) is 10.4. The van der Waals surface area contributed by atoms with E-state index >= 15 is 0 Å². The molecule has 20 heavy (non-hydrogen) atoms. The summed E-state index contributed by atoms with van der Waals surface area (Å²) in [5.41, 5.74) is 1.84. The Labute approximate surface area is 116 Å². The number of aromatic hydroxyl groups is 1. The first-order chi connectivity index (χ1) is 9.42. The fraction of sp³-hybridized carbons (Fsp3) is 0.188. The zero-order chi connectivity index (χ0) is 14.9. The van der Waals surface area contributed by atoms with Crippen LogP contribution in [0.2, 0.25) is 0 Å². The Morgan fingerprint density at radius 2 is 1.60 bits per heavy atom. The molecule has 104 valence electrons. The molecule has 0 aliphatic rings. The van der Waals surface area contributed by atoms with Crippen LogP contribution in [-0.4, -0.2) is 18.0 Å². The molecule has 3 nitrogen and oxygen atoms in total. The van der Waals surface area contributed by atoms with E-state index < -0.39 is 5.82 Å². The van der Waals surface area contributed by atoms with Gasteiger partial charge in [0.15, 0.2) is 5.78 Å². The third kappa shape index (κ3) is 2.64. The van der Waals surface area contributed by atoms with Gasteiger partial charge in [-0.2, -0.15) is 0 Å². The Bertz CT molecular complexity index is 654. The molecule has 0 heterocycles. The molecule has 0 aliphatic heterocycles. The van der Waals surface area contributed by atoms with Gasteiger partial charge in [-0.15, -0.1) is 0 Å². The van der Waals surface area contributed by atoms with E-state index in [1.807, 2.05) is 0 Å². The molecule has 1 N–H and O–H groups in total. The summed E-state index contributed by atoms with van der Waals surface area (Å²) in [6.07, 6.45) is 0. The monoisotopic (exact) mass is 274 g/mol. The van der Waals surface area contributed by atoms with Gasteiger partial charge in [-0.3, -0.25) is 4.79 Å². The first-order valence-electron chi connectivity index (χ1n) is 6.12. The Kier molecular flexibility index (Phi) is 3.74. The molecule has 0 atom stereocenters. The van der Waals surface area contributed by atoms with Crippen molar-refractivity contribution in [2.24, 2.45) is 0 Å². The van der Waals surface area contributed by atoms with E-state index in [0.717, 1.165) is 0 Å². The van der Waals surface area contributed by atoms with Gasteiger partial charge in [0.2, 0.25) is 0 Å². The fourth-order valence-corrected chi connectivity index (χ4v) is 2.07. The quantitative estimate of drug-likeness (QED) is 0.873. The lowest BCUT2D eigenvalue weighted by atomic mass is 9.98. The van der Waals surface area contributed by atoms with Crippen LogP contribution in [-0.2, 0) is 0 Å². The van der Waals surface area contributed by atoms with Crippen molar-refractivity contribution >= 4 is 5.78 Å². The van der Waals surface area contributed by atoms with Crippen LogP contribution < -0.4 is 4.74 Å². The first kappa shape index (κ1) is 14.1. The average Bonchev–Trinajstić information content (AvgIpc) is 2.42. The van der Waals surface area contributed by atoms with Crippen LogP contribution >= 0.6 is 0 Å². The highest BCUT2D eigenvalue weighted by Crippen LogP contribution is 2.25. The zero-order valence-corrected chi connectivity index (χ0v) is 11.5. The second kappa shape index (κ2) is 5.33. The number of halogens is 1. The Morgan fingerprint density at radius 3 is 2.15 bits per heavy atom. The minimum Gasteiger partial charge on any atom is -0.507 e. The van der Waals surface area contributed by atoms with Crippen molar-refractivity contribution in [3.8, 4) is 11.5 Å². The van der Waals surface area contributed by atoms with Gasteiger partial charge in [0.25, 0.3) is 0 Å². The standard InChI is InChI=1S/C16H15FO3/c1-9-4-11(5-10(2)15(9)18)16(19)12-6-13(17)8-14(7-12)20-3/h4-8,18H,1-3H3. The van der Waals surface area contributed by atoms with Gasteiger partial charge < -0.3 is 9.84 Å². The smallest absolute Gasteiger partial charge is 0.193 e. The molecule has 0 radical (unpaired) electrons. The van der Waals surface area contributed by atoms with Gasteiger partial charge in [0.1, 0.15) is 17.3 Å². The van der Waals surface area contributed by atoms with Crippen LogP contribution in [0.25, 0.3) is 0 Å². The molecule has 0 fully saturated rings. The number of hydrogen-bond acceptors (Lipinski definition) is 3. The van der Waals surface area contributed by atoms with Crippen LogP contribution in [0, 0.1) is 19.7 Å². The van der Waals surface area contributed by atoms with Crippen molar-refractivity contribution in [2.45, 2.75) is 13.8 Å². The van der Waals surface area contributed by atoms with E-state index in [0.29, 0.717) is 22.4 Å². The van der Waals surface area contributed by atoms with Crippen molar-refractivity contribution in [1.82, 2.24) is 0 Å². The number of aryl methyl sites for hydroxylation is 2. The Hall–Kier alpha value is -2.36. The fourth-order valence-electron chi connectivity index (χ4n) is 2.07. The number of phenolic OH excluding ortho intramolecular Hbond substituents is 1. The second-order valence-electron chi connectivity index (χ2n) is 4.67. The third-order valence-electron chi connectivity index (χ3n) is 3.12. The summed E-state index contributed by atoms with van der Waals surface area (Å²) in [6, 6.07) is 7.04. The molecule has 0 saturated heterocycles. The Morgan fingerprint density at radius 1 is 1.05 bits per heavy atom. The molecule has 0 bridgehead atoms. The van der Waals surface area contributed by atoms with Crippen LogP contribution in [0.3, 0.4) is 0 Å². The lowest BCUT2D eigenvalue weighted by molar-refractivity contribution is 0.103. The molecule has 0 amide bonds. The molecule has 0 aromatic heterocycles. The summed E-state index contributed by atoms with van der Waals surface area (Å²) >= 11 is 0. The predicted molar refractivity (Wildman–Crippen MR) is 74.0 cm³/mol. The number of methoxy groups -OCH3 is 1. The molecule has 0 unspecified atom stereocenters. The van der Waals surface area contributed by atoms with E-state index in [1.54, 1.807) is 26.0 Å². The number of carbonyl (C=O) groups excluding carboxylic acids is 1. The molecule has 0 spiro atoms. The molecule has 2 aromatic carbocycles. The highest BCUT2D eigenvalue weighted by atomic mass is 19.1. The zero-order valence-electron chi connectivity index (χ0n) is 11.5. The molecular weight excluding hydrogens is 259 g/mol. The lowest BCUT2D eigenvalue weighted by Crippen LogP contribution is -2.03. The highest BCUT2D eigenvalue weighted by molar-refractivity contribution is 6.09. The maximum Gasteiger partial charge on any atom is 0.193 e. The Balaban J connectivity index is 2.48. The number of carbonyl (C=O) groups is 1. The summed E-state index contributed by atoms with van der Waals surface area (Å²) in [4.78, 5) is 12.4. The molecule has 2 aromatic rings. The summed E-state index contributed by atoms with van der Waals surface area (Å²) in [6.45, 7) is 3.43. The van der Waals surface area contributed by atoms with Gasteiger partial charge in [0, 0.05) is 17.2 Å². The highest BCUT2D eigenvalue weighted by Gasteiger charge is 2.14. The number of rotatable bonds is 3. The van der Waals surface area contributed by atoms with Gasteiger partial charge >= 0.3 is 0 Å². The van der Waals surface area contributed by atoms with Crippen molar-refractivity contribution < 1.29 is 19.0 Å². The van der Waals surface area contributed by atoms with Gasteiger partial charge in [-0.05, 0) is 49.2 Å². The van der Waals surface area contributed by atoms with Crippen LogP contribution in [0.5, 0.6) is 11.5 Å². The lowest BCUT2D eigenvalue weighted by Gasteiger charge is -2.08. The van der Waals surface area contributed by atoms with Crippen molar-refractivity contribution in [1.29, 1.82) is 0 Å². The molecule has 0 saturated carbocycles. The third-order valence-corrected chi connectivity index (χ3v) is 3.12. The largest absolute Gasteiger partial charge is 0.507 e. The first-order valence-corrected chi connectivity index (χ1v) is 6.12. The van der Waals surface area contributed by atoms with Gasteiger partial charge in [-0.1, -0.05) is 0 Å². The second-order valence-corrected chi connectivity index (χ2v) is 4.67. The van der Waals surface area contributed by atoms with E-state index in [2.05, 4.69) is 0 Å². The summed E-state index contributed by atoms with van der Waals surface area (Å²) in [7, 11) is 1.41. The molecule has 4 heteroatoms. The van der Waals surface area contributed by atoms with Crippen LogP contribution in [0.1, 0.15) is 27.0 Å². The van der Waals surface area contributed by atoms with E-state index in [-0.39, 0.29) is 17.1 Å². The predicted octanol–water partition coefficient (Wildman–Crippen LogP) is 3.39. The molecule has 2 rings (SSSR count). The maximum atomic E-state index is 13.4. The average molecular weight is 274 g/mol. The summed E-state index contributed by atoms with van der Waals surface area (Å²) < 4.78 is 18.4. The molecular formula is C16H15FO3. The van der Waals surface area contributed by atoms with Crippen LogP contribution in [0.4, 0.5) is 4.39 Å². The van der Waals surface area contributed by atoms with Crippen molar-refractivity contribution in [2.75, 3.05) is 7.11 Å². The number of phenols is 1. The van der Waals surface area contributed by atoms with E-state index in [9.17, 15) is 14.3 Å². The topological polar surface area (TPSA) is 46.5 Å². The van der Waals surface area contributed by atoms with Crippen molar-refractivity contribution in [3.05, 3.63) is 58.4 Å². The SMILES string of the molecule is COc1cc(F)cc(C(=O)c2cc(C)c(O)c(C)c2)c1. The summed E-state index contributed by atoms with van der Waals surface area (Å²) in [5.74, 6) is -0.382. The minimum absolute atomic E-state index is 0.165. The number of hydrogen-bond donors (Lipinski definition) is 1. The minimum atomic E-state index is -0.528. The van der Waals surface area contributed by atoms with E-state index in [1.165, 1.54) is 25.3 Å². The number of ether oxygens (including phenoxy) is 1. The van der Waals surface area contributed by atoms with Crippen LogP contribution in [0.15, 0.2) is 30.3 Å². The maximum absolute atomic E-state index is 13.4. The molecule has 0 aliphatic carbocycles.